The maximum absolute atomic E-state index is 10.0. The van der Waals surface area contributed by atoms with Crippen LogP contribution in [0.5, 0.6) is 0 Å². The first-order chi connectivity index (χ1) is 9.74. The van der Waals surface area contributed by atoms with Crippen LogP contribution in [0.3, 0.4) is 0 Å². The van der Waals surface area contributed by atoms with Crippen LogP contribution >= 0.6 is 11.6 Å². The van der Waals surface area contributed by atoms with Crippen LogP contribution in [0.15, 0.2) is 24.3 Å². The second-order valence-electron chi connectivity index (χ2n) is 5.83. The van der Waals surface area contributed by atoms with Crippen molar-refractivity contribution in [3.05, 3.63) is 29.4 Å². The molecule has 2 aromatic rings. The zero-order chi connectivity index (χ0) is 13.7. The van der Waals surface area contributed by atoms with E-state index >= 15 is 0 Å². The molecular weight excluding hydrogens is 274 g/mol. The highest BCUT2D eigenvalue weighted by atomic mass is 35.5. The molecule has 2 fully saturated rings. The predicted molar refractivity (Wildman–Crippen MR) is 79.0 cm³/mol. The lowest BCUT2D eigenvalue weighted by molar-refractivity contribution is 0.133. The van der Waals surface area contributed by atoms with E-state index in [0.29, 0.717) is 17.0 Å². The van der Waals surface area contributed by atoms with Gasteiger partial charge in [-0.2, -0.15) is 0 Å². The fourth-order valence-electron chi connectivity index (χ4n) is 3.70. The normalized spacial score (nSPS) is 29.1. The van der Waals surface area contributed by atoms with Gasteiger partial charge < -0.3 is 10.0 Å². The summed E-state index contributed by atoms with van der Waals surface area (Å²) < 4.78 is 0. The van der Waals surface area contributed by atoms with Gasteiger partial charge in [0.2, 0.25) is 0 Å². The Morgan fingerprint density at radius 3 is 2.70 bits per heavy atom. The van der Waals surface area contributed by atoms with Gasteiger partial charge in [0.1, 0.15) is 0 Å². The monoisotopic (exact) mass is 289 g/mol. The van der Waals surface area contributed by atoms with Crippen LogP contribution in [0, 0.1) is 11.8 Å². The van der Waals surface area contributed by atoms with Crippen molar-refractivity contribution in [3.63, 3.8) is 0 Å². The molecule has 1 saturated carbocycles. The van der Waals surface area contributed by atoms with Gasteiger partial charge in [-0.1, -0.05) is 35.9 Å². The molecule has 1 aliphatic heterocycles. The third-order valence-corrected chi connectivity index (χ3v) is 5.02. The number of hydrogen-bond acceptors (Lipinski definition) is 4. The molecule has 1 N–H and O–H groups in total. The Hall–Kier alpha value is -1.39. The summed E-state index contributed by atoms with van der Waals surface area (Å²) in [6.45, 7) is 1.83. The molecule has 20 heavy (non-hydrogen) atoms. The van der Waals surface area contributed by atoms with Crippen molar-refractivity contribution in [2.24, 2.45) is 11.8 Å². The third-order valence-electron chi connectivity index (χ3n) is 4.74. The molecule has 1 aliphatic carbocycles. The fraction of sp³-hybridized carbons (Fsp3) is 0.467. The summed E-state index contributed by atoms with van der Waals surface area (Å²) in [5.41, 5.74) is 0. The molecule has 0 amide bonds. The summed E-state index contributed by atoms with van der Waals surface area (Å²) in [6.07, 6.45) is 1.90. The second kappa shape index (κ2) is 4.57. The maximum Gasteiger partial charge on any atom is 0.159 e. The number of nitrogens with zero attached hydrogens (tertiary/aromatic N) is 3. The van der Waals surface area contributed by atoms with Crippen molar-refractivity contribution < 1.29 is 5.11 Å². The Morgan fingerprint density at radius 1 is 1.10 bits per heavy atom. The van der Waals surface area contributed by atoms with E-state index in [0.717, 1.165) is 42.5 Å². The quantitative estimate of drug-likeness (QED) is 0.876. The zero-order valence-electron chi connectivity index (χ0n) is 11.0. The minimum Gasteiger partial charge on any atom is -0.393 e. The zero-order valence-corrected chi connectivity index (χ0v) is 11.8. The Kier molecular flexibility index (Phi) is 2.82. The topological polar surface area (TPSA) is 49.2 Å². The third kappa shape index (κ3) is 1.79. The first-order valence-electron chi connectivity index (χ1n) is 7.08. The van der Waals surface area contributed by atoms with Gasteiger partial charge in [0.25, 0.3) is 0 Å². The molecule has 4 nitrogen and oxygen atoms in total. The highest BCUT2D eigenvalue weighted by Crippen LogP contribution is 2.41. The largest absolute Gasteiger partial charge is 0.393 e. The predicted octanol–water partition coefficient (Wildman–Crippen LogP) is 2.49. The van der Waals surface area contributed by atoms with Gasteiger partial charge in [-0.25, -0.2) is 0 Å². The standard InChI is InChI=1S/C15H16ClN3O/c16-14-10-3-1-2-4-11(10)15(18-17-14)19-7-9-5-6-13(20)12(9)8-19/h1-4,9,12-13,20H,5-8H2. The summed E-state index contributed by atoms with van der Waals surface area (Å²) in [5.74, 6) is 1.86. The van der Waals surface area contributed by atoms with Crippen molar-refractivity contribution >= 4 is 28.2 Å². The maximum atomic E-state index is 10.0. The number of fused-ring (bicyclic) bond motifs is 2. The SMILES string of the molecule is OC1CCC2CN(c3nnc(Cl)c4ccccc34)CC12. The van der Waals surface area contributed by atoms with Gasteiger partial charge in [0, 0.05) is 29.8 Å². The Balaban J connectivity index is 1.75. The van der Waals surface area contributed by atoms with Gasteiger partial charge in [-0.15, -0.1) is 10.2 Å². The fourth-order valence-corrected chi connectivity index (χ4v) is 3.90. The number of benzene rings is 1. The van der Waals surface area contributed by atoms with Gasteiger partial charge >= 0.3 is 0 Å². The molecule has 0 spiro atoms. The van der Waals surface area contributed by atoms with Gasteiger partial charge in [0.15, 0.2) is 11.0 Å². The first kappa shape index (κ1) is 12.4. The van der Waals surface area contributed by atoms with E-state index in [-0.39, 0.29) is 6.10 Å². The van der Waals surface area contributed by atoms with Crippen molar-refractivity contribution in [1.29, 1.82) is 0 Å². The van der Waals surface area contributed by atoms with E-state index in [9.17, 15) is 5.11 Å². The van der Waals surface area contributed by atoms with Crippen LogP contribution in [0.1, 0.15) is 12.8 Å². The smallest absolute Gasteiger partial charge is 0.159 e. The van der Waals surface area contributed by atoms with Crippen LogP contribution in [-0.4, -0.2) is 34.5 Å². The van der Waals surface area contributed by atoms with Crippen LogP contribution in [0.4, 0.5) is 5.82 Å². The molecule has 2 heterocycles. The number of hydrogen-bond donors (Lipinski definition) is 1. The minimum atomic E-state index is -0.156. The number of halogens is 1. The van der Waals surface area contributed by atoms with Crippen molar-refractivity contribution in [2.45, 2.75) is 18.9 Å². The van der Waals surface area contributed by atoms with Crippen LogP contribution in [-0.2, 0) is 0 Å². The molecule has 1 saturated heterocycles. The molecule has 1 aromatic carbocycles. The van der Waals surface area contributed by atoms with E-state index in [2.05, 4.69) is 15.1 Å². The summed E-state index contributed by atoms with van der Waals surface area (Å²) in [5, 5.41) is 20.8. The van der Waals surface area contributed by atoms with E-state index in [1.807, 2.05) is 24.3 Å². The van der Waals surface area contributed by atoms with E-state index in [4.69, 9.17) is 11.6 Å². The van der Waals surface area contributed by atoms with Crippen molar-refractivity contribution in [3.8, 4) is 0 Å². The Morgan fingerprint density at radius 2 is 1.90 bits per heavy atom. The number of rotatable bonds is 1. The summed E-state index contributed by atoms with van der Waals surface area (Å²) >= 11 is 6.12. The lowest BCUT2D eigenvalue weighted by Crippen LogP contribution is -2.25. The van der Waals surface area contributed by atoms with E-state index in [1.54, 1.807) is 0 Å². The van der Waals surface area contributed by atoms with Crippen molar-refractivity contribution in [2.75, 3.05) is 18.0 Å². The van der Waals surface area contributed by atoms with Crippen molar-refractivity contribution in [1.82, 2.24) is 10.2 Å². The van der Waals surface area contributed by atoms with E-state index < -0.39 is 0 Å². The lowest BCUT2D eigenvalue weighted by Gasteiger charge is -2.20. The molecule has 104 valence electrons. The molecule has 0 bridgehead atoms. The van der Waals surface area contributed by atoms with Gasteiger partial charge in [0.05, 0.1) is 6.10 Å². The number of aliphatic hydroxyl groups excluding tert-OH is 1. The minimum absolute atomic E-state index is 0.156. The Labute approximate surface area is 122 Å². The molecule has 4 rings (SSSR count). The average molecular weight is 290 g/mol. The number of aliphatic hydroxyl groups is 1. The summed E-state index contributed by atoms with van der Waals surface area (Å²) in [4.78, 5) is 2.25. The first-order valence-corrected chi connectivity index (χ1v) is 7.46. The second-order valence-corrected chi connectivity index (χ2v) is 6.19. The molecule has 1 aromatic heterocycles. The Bertz CT molecular complexity index is 663. The molecule has 3 atom stereocenters. The number of anilines is 1. The highest BCUT2D eigenvalue weighted by Gasteiger charge is 2.42. The van der Waals surface area contributed by atoms with Crippen LogP contribution in [0.2, 0.25) is 5.15 Å². The molecule has 2 aliphatic rings. The lowest BCUT2D eigenvalue weighted by atomic mass is 10.00. The van der Waals surface area contributed by atoms with Crippen LogP contribution < -0.4 is 4.90 Å². The van der Waals surface area contributed by atoms with Gasteiger partial charge in [-0.3, -0.25) is 0 Å². The van der Waals surface area contributed by atoms with Gasteiger partial charge in [-0.05, 0) is 18.8 Å². The average Bonchev–Trinajstić information content (AvgIpc) is 3.02. The highest BCUT2D eigenvalue weighted by molar-refractivity contribution is 6.34. The molecular formula is C15H16ClN3O. The molecule has 5 heteroatoms. The summed E-state index contributed by atoms with van der Waals surface area (Å²) in [7, 11) is 0. The van der Waals surface area contributed by atoms with Crippen LogP contribution in [0.25, 0.3) is 10.8 Å². The van der Waals surface area contributed by atoms with E-state index in [1.165, 1.54) is 0 Å². The number of aromatic nitrogens is 2. The summed E-state index contributed by atoms with van der Waals surface area (Å²) in [6, 6.07) is 7.97. The molecule has 3 unspecified atom stereocenters. The molecule has 0 radical (unpaired) electrons.